The highest BCUT2D eigenvalue weighted by Gasteiger charge is 2.51. The fourth-order valence-corrected chi connectivity index (χ4v) is 4.89. The monoisotopic (exact) mass is 280 g/mol. The van der Waals surface area contributed by atoms with Crippen LogP contribution in [0.3, 0.4) is 0 Å². The molecule has 3 aliphatic carbocycles. The molecule has 0 amide bonds. The molecule has 1 aromatic carbocycles. The Bertz CT molecular complexity index is 639. The summed E-state index contributed by atoms with van der Waals surface area (Å²) in [4.78, 5) is 12.5. The van der Waals surface area contributed by atoms with Gasteiger partial charge in [-0.1, -0.05) is 37.6 Å². The van der Waals surface area contributed by atoms with Gasteiger partial charge in [-0.05, 0) is 61.1 Å². The maximum Gasteiger partial charge on any atom is 0.163 e. The van der Waals surface area contributed by atoms with Gasteiger partial charge in [0.15, 0.2) is 5.78 Å². The van der Waals surface area contributed by atoms with E-state index in [0.717, 1.165) is 30.7 Å². The van der Waals surface area contributed by atoms with E-state index in [4.69, 9.17) is 0 Å². The van der Waals surface area contributed by atoms with Crippen LogP contribution in [0, 0.1) is 5.92 Å². The summed E-state index contributed by atoms with van der Waals surface area (Å²) in [6, 6.07) is 6.80. The van der Waals surface area contributed by atoms with E-state index in [2.05, 4.69) is 38.1 Å². The van der Waals surface area contributed by atoms with Crippen molar-refractivity contribution in [3.05, 3.63) is 46.5 Å². The molecule has 1 saturated carbocycles. The minimum Gasteiger partial charge on any atom is -0.294 e. The largest absolute Gasteiger partial charge is 0.294 e. The molecule has 4 rings (SSSR count). The van der Waals surface area contributed by atoms with E-state index in [1.54, 1.807) is 5.57 Å². The summed E-state index contributed by atoms with van der Waals surface area (Å²) in [5, 5.41) is 0. The number of ketones is 1. The Morgan fingerprint density at radius 2 is 2.24 bits per heavy atom. The number of hydrogen-bond donors (Lipinski definition) is 0. The lowest BCUT2D eigenvalue weighted by Crippen LogP contribution is -2.37. The fourth-order valence-electron chi connectivity index (χ4n) is 4.89. The number of fused-ring (bicyclic) bond motifs is 5. The first-order valence-corrected chi connectivity index (χ1v) is 8.49. The first-order valence-electron chi connectivity index (χ1n) is 8.49. The number of carbonyl (C=O) groups excluding carboxylic acids is 1. The molecule has 2 bridgehead atoms. The quantitative estimate of drug-likeness (QED) is 0.684. The molecule has 1 heteroatoms. The minimum atomic E-state index is 0.293. The van der Waals surface area contributed by atoms with Crippen LogP contribution in [0.4, 0.5) is 0 Å². The van der Waals surface area contributed by atoms with E-state index in [1.807, 2.05) is 0 Å². The van der Waals surface area contributed by atoms with Gasteiger partial charge in [0.05, 0.1) is 0 Å². The number of rotatable bonds is 2. The summed E-state index contributed by atoms with van der Waals surface area (Å²) in [7, 11) is 0. The van der Waals surface area contributed by atoms with Gasteiger partial charge < -0.3 is 0 Å². The third-order valence-electron chi connectivity index (χ3n) is 6.38. The average Bonchev–Trinajstić information content (AvgIpc) is 3.11. The van der Waals surface area contributed by atoms with Crippen molar-refractivity contribution in [2.24, 2.45) is 5.92 Å². The van der Waals surface area contributed by atoms with Crippen LogP contribution in [0.2, 0.25) is 0 Å². The van der Waals surface area contributed by atoms with Gasteiger partial charge in [0.2, 0.25) is 0 Å². The molecule has 21 heavy (non-hydrogen) atoms. The molecule has 1 aromatic rings. The predicted molar refractivity (Wildman–Crippen MR) is 85.8 cm³/mol. The van der Waals surface area contributed by atoms with Gasteiger partial charge in [0, 0.05) is 17.4 Å². The number of hydrogen-bond acceptors (Lipinski definition) is 1. The highest BCUT2D eigenvalue weighted by Crippen LogP contribution is 2.58. The van der Waals surface area contributed by atoms with Crippen molar-refractivity contribution >= 4 is 5.78 Å². The third-order valence-corrected chi connectivity index (χ3v) is 6.38. The lowest BCUT2D eigenvalue weighted by molar-refractivity contribution is 0.0939. The molecule has 0 heterocycles. The van der Waals surface area contributed by atoms with Crippen LogP contribution in [0.1, 0.15) is 79.8 Å². The van der Waals surface area contributed by atoms with E-state index in [1.165, 1.54) is 30.4 Å². The van der Waals surface area contributed by atoms with Crippen molar-refractivity contribution in [3.63, 3.8) is 0 Å². The summed E-state index contributed by atoms with van der Waals surface area (Å²) < 4.78 is 0. The van der Waals surface area contributed by atoms with Gasteiger partial charge in [-0.15, -0.1) is 0 Å². The van der Waals surface area contributed by atoms with E-state index in [9.17, 15) is 4.79 Å². The predicted octanol–water partition coefficient (Wildman–Crippen LogP) is 5.15. The number of carbonyl (C=O) groups is 1. The molecule has 0 N–H and O–H groups in total. The van der Waals surface area contributed by atoms with Gasteiger partial charge in [-0.2, -0.15) is 0 Å². The van der Waals surface area contributed by atoms with Crippen molar-refractivity contribution < 1.29 is 4.79 Å². The Morgan fingerprint density at radius 1 is 1.38 bits per heavy atom. The van der Waals surface area contributed by atoms with Crippen LogP contribution in [-0.4, -0.2) is 5.78 Å². The average molecular weight is 280 g/mol. The van der Waals surface area contributed by atoms with Crippen LogP contribution in [0.5, 0.6) is 0 Å². The molecule has 110 valence electrons. The Kier molecular flexibility index (Phi) is 2.89. The van der Waals surface area contributed by atoms with Crippen molar-refractivity contribution in [3.8, 4) is 0 Å². The molecule has 0 saturated heterocycles. The fraction of sp³-hybridized carbons (Fsp3) is 0.550. The number of Topliss-reactive ketones (excluding diaryl/α,β-unsaturated/α-hetero) is 1. The maximum absolute atomic E-state index is 12.5. The van der Waals surface area contributed by atoms with Crippen LogP contribution in [0.25, 0.3) is 0 Å². The molecule has 3 aliphatic rings. The molecule has 0 radical (unpaired) electrons. The molecule has 1 nitrogen and oxygen atoms in total. The van der Waals surface area contributed by atoms with Gasteiger partial charge in [0.25, 0.3) is 0 Å². The van der Waals surface area contributed by atoms with E-state index >= 15 is 0 Å². The first kappa shape index (κ1) is 13.3. The second-order valence-electron chi connectivity index (χ2n) is 7.37. The second kappa shape index (κ2) is 4.56. The minimum absolute atomic E-state index is 0.293. The van der Waals surface area contributed by atoms with Gasteiger partial charge in [-0.25, -0.2) is 0 Å². The zero-order valence-electron chi connectivity index (χ0n) is 13.1. The smallest absolute Gasteiger partial charge is 0.163 e. The summed E-state index contributed by atoms with van der Waals surface area (Å²) in [5.74, 6) is 1.68. The summed E-state index contributed by atoms with van der Waals surface area (Å²) >= 11 is 0. The zero-order valence-corrected chi connectivity index (χ0v) is 13.1. The number of benzene rings is 1. The highest BCUT2D eigenvalue weighted by atomic mass is 16.1. The molecule has 0 aromatic heterocycles. The molecular formula is C20H24O. The van der Waals surface area contributed by atoms with Crippen molar-refractivity contribution in [2.45, 2.75) is 63.7 Å². The van der Waals surface area contributed by atoms with Crippen molar-refractivity contribution in [1.29, 1.82) is 0 Å². The van der Waals surface area contributed by atoms with E-state index in [-0.39, 0.29) is 0 Å². The molecular weight excluding hydrogens is 256 g/mol. The zero-order chi connectivity index (χ0) is 14.6. The third kappa shape index (κ3) is 1.79. The molecule has 1 spiro atoms. The van der Waals surface area contributed by atoms with E-state index in [0.29, 0.717) is 17.1 Å². The Balaban J connectivity index is 1.83. The normalized spacial score (nSPS) is 31.4. The van der Waals surface area contributed by atoms with Gasteiger partial charge in [0.1, 0.15) is 0 Å². The second-order valence-corrected chi connectivity index (χ2v) is 7.37. The van der Waals surface area contributed by atoms with Crippen LogP contribution < -0.4 is 0 Å². The molecule has 3 unspecified atom stereocenters. The lowest BCUT2D eigenvalue weighted by atomic mass is 9.62. The van der Waals surface area contributed by atoms with Gasteiger partial charge in [-0.3, -0.25) is 4.79 Å². The number of allylic oxidation sites excluding steroid dienone is 2. The standard InChI is InChI=1S/C20H24O/c1-3-13(2)15-5-7-18-17(11-15)19(21)8-9-20(18)12-14-4-6-16(20)10-14/h4-5,7,11,13,16H,3,6,8-10,12H2,1-2H3. The topological polar surface area (TPSA) is 17.1 Å². The first-order chi connectivity index (χ1) is 10.1. The maximum atomic E-state index is 12.5. The Morgan fingerprint density at radius 3 is 2.90 bits per heavy atom. The summed E-state index contributed by atoms with van der Waals surface area (Å²) in [5.41, 5.74) is 5.70. The SMILES string of the molecule is CCC(C)c1ccc2c(c1)C(=O)CCC21CC2=CCC1C2. The Hall–Kier alpha value is -1.37. The summed E-state index contributed by atoms with van der Waals surface area (Å²) in [6.07, 6.45) is 9.12. The van der Waals surface area contributed by atoms with Crippen molar-refractivity contribution in [2.75, 3.05) is 0 Å². The van der Waals surface area contributed by atoms with Gasteiger partial charge >= 0.3 is 0 Å². The lowest BCUT2D eigenvalue weighted by Gasteiger charge is -2.41. The molecule has 0 aliphatic heterocycles. The van der Waals surface area contributed by atoms with Crippen LogP contribution in [0.15, 0.2) is 29.8 Å². The van der Waals surface area contributed by atoms with Crippen LogP contribution in [-0.2, 0) is 5.41 Å². The summed E-state index contributed by atoms with van der Waals surface area (Å²) in [6.45, 7) is 4.48. The molecule has 1 fully saturated rings. The molecule has 3 atom stereocenters. The highest BCUT2D eigenvalue weighted by molar-refractivity contribution is 5.99. The van der Waals surface area contributed by atoms with E-state index < -0.39 is 0 Å². The Labute approximate surface area is 127 Å². The van der Waals surface area contributed by atoms with Crippen molar-refractivity contribution in [1.82, 2.24) is 0 Å². The van der Waals surface area contributed by atoms with Crippen LogP contribution >= 0.6 is 0 Å².